The van der Waals surface area contributed by atoms with Gasteiger partial charge in [-0.1, -0.05) is 19.3 Å². The quantitative estimate of drug-likeness (QED) is 0.757. The van der Waals surface area contributed by atoms with E-state index in [4.69, 9.17) is 0 Å². The molecule has 0 bridgehead atoms. The molecule has 1 aliphatic rings. The summed E-state index contributed by atoms with van der Waals surface area (Å²) >= 11 is 0. The molecule has 0 spiro atoms. The molecular weight excluding hydrogens is 284 g/mol. The standard InChI is InChI=1S/C15H24N4O3/c1-10(20)9-16-15(22)12-8-13(19(2)18-12)17-14(21)11-6-4-3-5-7-11/h8,10-11,20H,3-7,9H2,1-2H3,(H,16,22)(H,17,21). The summed E-state index contributed by atoms with van der Waals surface area (Å²) in [6, 6.07) is 1.55. The molecule has 7 nitrogen and oxygen atoms in total. The van der Waals surface area contributed by atoms with Crippen LogP contribution in [-0.4, -0.2) is 39.4 Å². The molecule has 2 amide bonds. The van der Waals surface area contributed by atoms with Gasteiger partial charge in [0.2, 0.25) is 5.91 Å². The summed E-state index contributed by atoms with van der Waals surface area (Å²) in [6.07, 6.45) is 4.62. The van der Waals surface area contributed by atoms with Gasteiger partial charge in [-0.3, -0.25) is 14.3 Å². The molecule has 2 rings (SSSR count). The average molecular weight is 308 g/mol. The van der Waals surface area contributed by atoms with Gasteiger partial charge in [0.05, 0.1) is 6.10 Å². The Hall–Kier alpha value is -1.89. The number of aryl methyl sites for hydroxylation is 1. The number of carbonyl (C=O) groups excluding carboxylic acids is 2. The van der Waals surface area contributed by atoms with Crippen LogP contribution in [-0.2, 0) is 11.8 Å². The lowest BCUT2D eigenvalue weighted by atomic mass is 9.89. The largest absolute Gasteiger partial charge is 0.392 e. The predicted molar refractivity (Wildman–Crippen MR) is 82.4 cm³/mol. The molecule has 0 aromatic carbocycles. The van der Waals surface area contributed by atoms with Crippen molar-refractivity contribution in [2.24, 2.45) is 13.0 Å². The second kappa shape index (κ2) is 7.40. The highest BCUT2D eigenvalue weighted by Gasteiger charge is 2.22. The number of amides is 2. The summed E-state index contributed by atoms with van der Waals surface area (Å²) in [4.78, 5) is 24.1. The second-order valence-corrected chi connectivity index (χ2v) is 5.92. The van der Waals surface area contributed by atoms with Gasteiger partial charge in [0.15, 0.2) is 5.69 Å². The van der Waals surface area contributed by atoms with Crippen LogP contribution in [0.15, 0.2) is 6.07 Å². The zero-order valence-corrected chi connectivity index (χ0v) is 13.1. The van der Waals surface area contributed by atoms with Crippen molar-refractivity contribution >= 4 is 17.6 Å². The van der Waals surface area contributed by atoms with E-state index in [0.29, 0.717) is 5.82 Å². The first kappa shape index (κ1) is 16.5. The number of rotatable bonds is 5. The topological polar surface area (TPSA) is 96.3 Å². The third-order valence-corrected chi connectivity index (χ3v) is 3.90. The van der Waals surface area contributed by atoms with Gasteiger partial charge < -0.3 is 15.7 Å². The van der Waals surface area contributed by atoms with Crippen LogP contribution in [0.1, 0.15) is 49.5 Å². The first-order valence-corrected chi connectivity index (χ1v) is 7.78. The number of nitrogens with zero attached hydrogens (tertiary/aromatic N) is 2. The van der Waals surface area contributed by atoms with Crippen LogP contribution < -0.4 is 10.6 Å². The number of carbonyl (C=O) groups is 2. The summed E-state index contributed by atoms with van der Waals surface area (Å²) in [6.45, 7) is 1.76. The summed E-state index contributed by atoms with van der Waals surface area (Å²) in [5.74, 6) is 0.197. The lowest BCUT2D eigenvalue weighted by molar-refractivity contribution is -0.120. The van der Waals surface area contributed by atoms with Gasteiger partial charge in [0.25, 0.3) is 5.91 Å². The highest BCUT2D eigenvalue weighted by molar-refractivity contribution is 5.96. The molecule has 7 heteroatoms. The number of hydrogen-bond acceptors (Lipinski definition) is 4. The first-order chi connectivity index (χ1) is 10.5. The Kier molecular flexibility index (Phi) is 5.54. The molecule has 1 aromatic heterocycles. The molecule has 1 fully saturated rings. The monoisotopic (exact) mass is 308 g/mol. The highest BCUT2D eigenvalue weighted by atomic mass is 16.3. The van der Waals surface area contributed by atoms with Crippen LogP contribution in [0.4, 0.5) is 5.82 Å². The fourth-order valence-electron chi connectivity index (χ4n) is 2.62. The maximum Gasteiger partial charge on any atom is 0.271 e. The van der Waals surface area contributed by atoms with Gasteiger partial charge in [-0.25, -0.2) is 0 Å². The van der Waals surface area contributed by atoms with Crippen molar-refractivity contribution in [1.29, 1.82) is 0 Å². The minimum Gasteiger partial charge on any atom is -0.392 e. The van der Waals surface area contributed by atoms with Crippen LogP contribution in [0.2, 0.25) is 0 Å². The average Bonchev–Trinajstić information content (AvgIpc) is 2.86. The van der Waals surface area contributed by atoms with E-state index in [9.17, 15) is 14.7 Å². The van der Waals surface area contributed by atoms with Crippen molar-refractivity contribution in [2.75, 3.05) is 11.9 Å². The second-order valence-electron chi connectivity index (χ2n) is 5.92. The zero-order chi connectivity index (χ0) is 16.1. The summed E-state index contributed by atoms with van der Waals surface area (Å²) in [7, 11) is 1.68. The smallest absolute Gasteiger partial charge is 0.271 e. The van der Waals surface area contributed by atoms with Crippen LogP contribution in [0.5, 0.6) is 0 Å². The van der Waals surface area contributed by atoms with E-state index in [2.05, 4.69) is 15.7 Å². The Bertz CT molecular complexity index is 533. The number of anilines is 1. The molecule has 0 saturated heterocycles. The maximum atomic E-state index is 12.2. The van der Waals surface area contributed by atoms with E-state index >= 15 is 0 Å². The fraction of sp³-hybridized carbons (Fsp3) is 0.667. The van der Waals surface area contributed by atoms with Crippen molar-refractivity contribution in [3.63, 3.8) is 0 Å². The van der Waals surface area contributed by atoms with Crippen LogP contribution in [0, 0.1) is 5.92 Å². The Morgan fingerprint density at radius 3 is 2.73 bits per heavy atom. The predicted octanol–water partition coefficient (Wildman–Crippen LogP) is 1.05. The van der Waals surface area contributed by atoms with Gasteiger partial charge in [-0.2, -0.15) is 5.10 Å². The Morgan fingerprint density at radius 2 is 2.09 bits per heavy atom. The normalized spacial score (nSPS) is 17.0. The lowest BCUT2D eigenvalue weighted by Crippen LogP contribution is -2.30. The molecule has 3 N–H and O–H groups in total. The molecule has 1 saturated carbocycles. The van der Waals surface area contributed by atoms with Crippen molar-refractivity contribution in [2.45, 2.75) is 45.1 Å². The highest BCUT2D eigenvalue weighted by Crippen LogP contribution is 2.25. The molecule has 22 heavy (non-hydrogen) atoms. The number of aromatic nitrogens is 2. The van der Waals surface area contributed by atoms with E-state index in [0.717, 1.165) is 25.7 Å². The molecule has 1 atom stereocenters. The minimum absolute atomic E-state index is 0.00126. The van der Waals surface area contributed by atoms with Gasteiger partial charge in [-0.15, -0.1) is 0 Å². The fourth-order valence-corrected chi connectivity index (χ4v) is 2.62. The summed E-state index contributed by atoms with van der Waals surface area (Å²) in [5.41, 5.74) is 0.224. The van der Waals surface area contributed by atoms with E-state index in [1.54, 1.807) is 20.0 Å². The van der Waals surface area contributed by atoms with E-state index in [-0.39, 0.29) is 30.0 Å². The van der Waals surface area contributed by atoms with E-state index in [1.807, 2.05) is 0 Å². The van der Waals surface area contributed by atoms with Crippen LogP contribution in [0.25, 0.3) is 0 Å². The maximum absolute atomic E-state index is 12.2. The number of nitrogens with one attached hydrogen (secondary N) is 2. The van der Waals surface area contributed by atoms with Gasteiger partial charge in [-0.05, 0) is 19.8 Å². The van der Waals surface area contributed by atoms with Crippen molar-refractivity contribution in [1.82, 2.24) is 15.1 Å². The SMILES string of the molecule is CC(O)CNC(=O)c1cc(NC(=O)C2CCCCC2)n(C)n1. The number of aliphatic hydroxyl groups is 1. The molecule has 1 aliphatic carbocycles. The van der Waals surface area contributed by atoms with Gasteiger partial charge in [0, 0.05) is 25.6 Å². The molecule has 1 unspecified atom stereocenters. The summed E-state index contributed by atoms with van der Waals surface area (Å²) < 4.78 is 1.48. The van der Waals surface area contributed by atoms with Crippen molar-refractivity contribution in [3.8, 4) is 0 Å². The molecule has 0 aliphatic heterocycles. The Balaban J connectivity index is 1.97. The first-order valence-electron chi connectivity index (χ1n) is 7.78. The number of aliphatic hydroxyl groups excluding tert-OH is 1. The zero-order valence-electron chi connectivity index (χ0n) is 13.1. The van der Waals surface area contributed by atoms with Crippen LogP contribution >= 0.6 is 0 Å². The molecule has 0 radical (unpaired) electrons. The lowest BCUT2D eigenvalue weighted by Gasteiger charge is -2.20. The molecular formula is C15H24N4O3. The van der Waals surface area contributed by atoms with Crippen molar-refractivity contribution < 1.29 is 14.7 Å². The van der Waals surface area contributed by atoms with Gasteiger partial charge >= 0.3 is 0 Å². The third kappa shape index (κ3) is 4.30. The van der Waals surface area contributed by atoms with Crippen molar-refractivity contribution in [3.05, 3.63) is 11.8 Å². The molecule has 122 valence electrons. The van der Waals surface area contributed by atoms with E-state index in [1.165, 1.54) is 11.1 Å². The Labute approximate surface area is 130 Å². The molecule has 1 heterocycles. The summed E-state index contributed by atoms with van der Waals surface area (Å²) in [5, 5.41) is 18.7. The van der Waals surface area contributed by atoms with E-state index < -0.39 is 6.10 Å². The molecule has 1 aromatic rings. The minimum atomic E-state index is -0.613. The number of hydrogen-bond donors (Lipinski definition) is 3. The van der Waals surface area contributed by atoms with Gasteiger partial charge in [0.1, 0.15) is 5.82 Å². The third-order valence-electron chi connectivity index (χ3n) is 3.90. The Morgan fingerprint density at radius 1 is 1.41 bits per heavy atom. The van der Waals surface area contributed by atoms with Crippen LogP contribution in [0.3, 0.4) is 0 Å².